The smallest absolute Gasteiger partial charge is 0.179 e. The summed E-state index contributed by atoms with van der Waals surface area (Å²) in [6, 6.07) is 0. The van der Waals surface area contributed by atoms with Crippen molar-refractivity contribution in [2.45, 2.75) is 0 Å². The lowest BCUT2D eigenvalue weighted by Crippen LogP contribution is -2.09. The van der Waals surface area contributed by atoms with Crippen LogP contribution >= 0.6 is 0 Å². The molecule has 0 bridgehead atoms. The molecule has 0 atom stereocenters. The molecule has 2 rings (SSSR count). The van der Waals surface area contributed by atoms with Crippen LogP contribution in [0, 0.1) is 0 Å². The second-order valence-corrected chi connectivity index (χ2v) is 2.41. The molecule has 0 aliphatic rings. The van der Waals surface area contributed by atoms with Crippen molar-refractivity contribution in [1.82, 2.24) is 14.4 Å². The topological polar surface area (TPSA) is 56.2 Å². The van der Waals surface area contributed by atoms with Gasteiger partial charge in [0.2, 0.25) is 0 Å². The molecule has 0 unspecified atom stereocenters. The standard InChI is InChI=1S/C6H7BN4/c7-4-3-10-6-5(8)9-1-2-11(4)6/h1-3H,7H2,(H2,8,9). The molecule has 11 heavy (non-hydrogen) atoms. The quantitative estimate of drug-likeness (QED) is 0.463. The maximum absolute atomic E-state index is 5.58. The van der Waals surface area contributed by atoms with Gasteiger partial charge in [-0.3, -0.25) is 0 Å². The first-order chi connectivity index (χ1) is 5.29. The number of hydrogen-bond acceptors (Lipinski definition) is 3. The van der Waals surface area contributed by atoms with Gasteiger partial charge < -0.3 is 10.1 Å². The highest BCUT2D eigenvalue weighted by Gasteiger charge is 2.00. The van der Waals surface area contributed by atoms with Crippen molar-refractivity contribution in [3.8, 4) is 0 Å². The van der Waals surface area contributed by atoms with Crippen LogP contribution in [0.4, 0.5) is 5.82 Å². The molecule has 5 heteroatoms. The third-order valence-electron chi connectivity index (χ3n) is 1.64. The lowest BCUT2D eigenvalue weighted by atomic mass is 10.1. The first kappa shape index (κ1) is 6.21. The van der Waals surface area contributed by atoms with Crippen molar-refractivity contribution < 1.29 is 0 Å². The summed E-state index contributed by atoms with van der Waals surface area (Å²) in [7, 11) is 1.97. The summed E-state index contributed by atoms with van der Waals surface area (Å²) in [5, 5.41) is 0. The zero-order valence-corrected chi connectivity index (χ0v) is 6.15. The minimum absolute atomic E-state index is 0.473. The van der Waals surface area contributed by atoms with Crippen LogP contribution in [0.3, 0.4) is 0 Å². The number of nitrogens with two attached hydrogens (primary N) is 1. The number of hydrogen-bond donors (Lipinski definition) is 1. The summed E-state index contributed by atoms with van der Waals surface area (Å²) in [6.45, 7) is 0. The van der Waals surface area contributed by atoms with Crippen molar-refractivity contribution >= 4 is 24.9 Å². The van der Waals surface area contributed by atoms with E-state index in [4.69, 9.17) is 5.73 Å². The van der Waals surface area contributed by atoms with Crippen molar-refractivity contribution in [2.75, 3.05) is 5.73 Å². The Morgan fingerprint density at radius 1 is 1.45 bits per heavy atom. The van der Waals surface area contributed by atoms with E-state index in [1.54, 1.807) is 12.4 Å². The number of nitrogens with zero attached hydrogens (tertiary/aromatic N) is 3. The van der Waals surface area contributed by atoms with E-state index >= 15 is 0 Å². The number of anilines is 1. The second-order valence-electron chi connectivity index (χ2n) is 2.41. The molecule has 0 radical (unpaired) electrons. The van der Waals surface area contributed by atoms with E-state index in [-0.39, 0.29) is 0 Å². The van der Waals surface area contributed by atoms with Gasteiger partial charge in [0.1, 0.15) is 0 Å². The number of rotatable bonds is 0. The van der Waals surface area contributed by atoms with Crippen LogP contribution in [-0.2, 0) is 0 Å². The predicted molar refractivity (Wildman–Crippen MR) is 45.6 cm³/mol. The van der Waals surface area contributed by atoms with Crippen molar-refractivity contribution in [1.29, 1.82) is 0 Å². The highest BCUT2D eigenvalue weighted by molar-refractivity contribution is 6.31. The molecule has 0 amide bonds. The van der Waals surface area contributed by atoms with Crippen LogP contribution in [0.25, 0.3) is 5.65 Å². The zero-order chi connectivity index (χ0) is 7.84. The van der Waals surface area contributed by atoms with Crippen LogP contribution in [-0.4, -0.2) is 22.2 Å². The van der Waals surface area contributed by atoms with Crippen LogP contribution in [0.5, 0.6) is 0 Å². The fourth-order valence-electron chi connectivity index (χ4n) is 1.06. The maximum Gasteiger partial charge on any atom is 0.179 e. The van der Waals surface area contributed by atoms with Gasteiger partial charge in [-0.15, -0.1) is 0 Å². The summed E-state index contributed by atoms with van der Waals surface area (Å²) >= 11 is 0. The van der Waals surface area contributed by atoms with Crippen LogP contribution in [0.1, 0.15) is 0 Å². The number of nitrogen functional groups attached to an aromatic ring is 1. The number of fused-ring (bicyclic) bond motifs is 1. The normalized spacial score (nSPS) is 10.5. The van der Waals surface area contributed by atoms with Crippen molar-refractivity contribution in [2.24, 2.45) is 0 Å². The zero-order valence-electron chi connectivity index (χ0n) is 6.15. The lowest BCUT2D eigenvalue weighted by molar-refractivity contribution is 1.16. The molecule has 2 aromatic heterocycles. The van der Waals surface area contributed by atoms with Crippen LogP contribution in [0.15, 0.2) is 18.6 Å². The van der Waals surface area contributed by atoms with Gasteiger partial charge in [-0.1, -0.05) is 0 Å². The summed E-state index contributed by atoms with van der Waals surface area (Å²) in [5.74, 6) is 0.473. The Hall–Kier alpha value is -1.52. The van der Waals surface area contributed by atoms with E-state index < -0.39 is 0 Å². The van der Waals surface area contributed by atoms with Gasteiger partial charge in [-0.05, 0) is 5.59 Å². The van der Waals surface area contributed by atoms with Gasteiger partial charge in [0, 0.05) is 18.6 Å². The summed E-state index contributed by atoms with van der Waals surface area (Å²) in [6.07, 6.45) is 5.28. The molecule has 2 heterocycles. The first-order valence-electron chi connectivity index (χ1n) is 3.33. The average Bonchev–Trinajstić information content (AvgIpc) is 2.35. The molecule has 0 aliphatic carbocycles. The third-order valence-corrected chi connectivity index (χ3v) is 1.64. The molecular weight excluding hydrogens is 139 g/mol. The van der Waals surface area contributed by atoms with Crippen molar-refractivity contribution in [3.63, 3.8) is 0 Å². The predicted octanol–water partition coefficient (Wildman–Crippen LogP) is -1.43. The van der Waals surface area contributed by atoms with E-state index in [1.807, 2.05) is 18.4 Å². The SMILES string of the molecule is Bc1cnc2c(N)nccn12. The maximum atomic E-state index is 5.58. The Labute approximate surface area is 64.5 Å². The Bertz CT molecular complexity index is 394. The van der Waals surface area contributed by atoms with E-state index in [0.717, 1.165) is 11.2 Å². The van der Waals surface area contributed by atoms with Crippen LogP contribution in [0.2, 0.25) is 0 Å². The number of imidazole rings is 1. The fourth-order valence-corrected chi connectivity index (χ4v) is 1.06. The van der Waals surface area contributed by atoms with E-state index in [2.05, 4.69) is 9.97 Å². The molecule has 54 valence electrons. The molecule has 0 aromatic carbocycles. The van der Waals surface area contributed by atoms with Gasteiger partial charge in [-0.25, -0.2) is 9.97 Å². The summed E-state index contributed by atoms with van der Waals surface area (Å²) in [5.41, 5.74) is 7.37. The highest BCUT2D eigenvalue weighted by Crippen LogP contribution is 2.03. The third kappa shape index (κ3) is 0.773. The minimum atomic E-state index is 0.473. The second kappa shape index (κ2) is 1.98. The lowest BCUT2D eigenvalue weighted by Gasteiger charge is -1.96. The molecule has 0 fully saturated rings. The van der Waals surface area contributed by atoms with E-state index in [9.17, 15) is 0 Å². The number of aromatic nitrogens is 3. The van der Waals surface area contributed by atoms with Gasteiger partial charge in [0.25, 0.3) is 0 Å². The highest BCUT2D eigenvalue weighted by atomic mass is 15.0. The Balaban J connectivity index is 2.94. The fraction of sp³-hybridized carbons (Fsp3) is 0. The largest absolute Gasteiger partial charge is 0.381 e. The summed E-state index contributed by atoms with van der Waals surface area (Å²) in [4.78, 5) is 8.01. The van der Waals surface area contributed by atoms with Gasteiger partial charge in [0.15, 0.2) is 19.3 Å². The van der Waals surface area contributed by atoms with Crippen molar-refractivity contribution in [3.05, 3.63) is 18.6 Å². The molecular formula is C6H7BN4. The van der Waals surface area contributed by atoms with Gasteiger partial charge in [0.05, 0.1) is 0 Å². The molecule has 2 aromatic rings. The van der Waals surface area contributed by atoms with E-state index in [0.29, 0.717) is 5.82 Å². The molecule has 0 aliphatic heterocycles. The summed E-state index contributed by atoms with van der Waals surface area (Å²) < 4.78 is 1.91. The molecule has 2 N–H and O–H groups in total. The van der Waals surface area contributed by atoms with Gasteiger partial charge >= 0.3 is 0 Å². The van der Waals surface area contributed by atoms with Crippen LogP contribution < -0.4 is 11.3 Å². The monoisotopic (exact) mass is 146 g/mol. The van der Waals surface area contributed by atoms with Gasteiger partial charge in [-0.2, -0.15) is 0 Å². The average molecular weight is 146 g/mol. The molecule has 4 nitrogen and oxygen atoms in total. The Morgan fingerprint density at radius 3 is 3.00 bits per heavy atom. The molecule has 0 saturated carbocycles. The molecule has 0 spiro atoms. The first-order valence-corrected chi connectivity index (χ1v) is 3.33. The van der Waals surface area contributed by atoms with E-state index in [1.165, 1.54) is 0 Å². The minimum Gasteiger partial charge on any atom is -0.381 e. The Morgan fingerprint density at radius 2 is 2.27 bits per heavy atom. The Kier molecular flexibility index (Phi) is 1.12. The molecule has 0 saturated heterocycles.